The summed E-state index contributed by atoms with van der Waals surface area (Å²) in [6.07, 6.45) is 0. The van der Waals surface area contributed by atoms with Gasteiger partial charge in [-0.2, -0.15) is 0 Å². The molecule has 0 aromatic carbocycles. The molecule has 0 saturated carbocycles. The van der Waals surface area contributed by atoms with E-state index in [-0.39, 0.29) is 0 Å². The fourth-order valence-electron chi connectivity index (χ4n) is 0.679. The minimum atomic E-state index is 0.569. The highest BCUT2D eigenvalue weighted by Crippen LogP contribution is 2.06. The number of aromatic nitrogens is 1. The van der Waals surface area contributed by atoms with Crippen molar-refractivity contribution in [2.45, 2.75) is 6.61 Å². The van der Waals surface area contributed by atoms with Gasteiger partial charge < -0.3 is 4.74 Å². The van der Waals surface area contributed by atoms with Gasteiger partial charge in [0.25, 0.3) is 0 Å². The zero-order chi connectivity index (χ0) is 7.40. The second-order valence-electron chi connectivity index (χ2n) is 1.88. The van der Waals surface area contributed by atoms with Crippen LogP contribution >= 0.6 is 15.9 Å². The second-order valence-corrected chi connectivity index (χ2v) is 2.70. The van der Waals surface area contributed by atoms with Crippen molar-refractivity contribution in [3.8, 4) is 0 Å². The highest BCUT2D eigenvalue weighted by molar-refractivity contribution is 9.10. The lowest BCUT2D eigenvalue weighted by molar-refractivity contribution is 0.181. The standard InChI is InChI=1S/C7H8BrNO/c1-10-5-6-3-2-4-7(8)9-6/h2-4H,5H2,1H3. The molecular formula is C7H8BrNO. The average Bonchev–Trinajstić information content (AvgIpc) is 1.88. The first-order valence-corrected chi connectivity index (χ1v) is 3.72. The third kappa shape index (κ3) is 2.08. The molecule has 0 bridgehead atoms. The number of rotatable bonds is 2. The lowest BCUT2D eigenvalue weighted by atomic mass is 10.4. The smallest absolute Gasteiger partial charge is 0.106 e. The van der Waals surface area contributed by atoms with E-state index in [2.05, 4.69) is 20.9 Å². The molecule has 0 fully saturated rings. The third-order valence-electron chi connectivity index (χ3n) is 1.07. The molecule has 1 aromatic rings. The van der Waals surface area contributed by atoms with Crippen LogP contribution in [0.3, 0.4) is 0 Å². The van der Waals surface area contributed by atoms with E-state index in [0.29, 0.717) is 6.61 Å². The van der Waals surface area contributed by atoms with E-state index in [1.54, 1.807) is 7.11 Å². The maximum absolute atomic E-state index is 4.90. The zero-order valence-corrected chi connectivity index (χ0v) is 7.26. The molecule has 0 unspecified atom stereocenters. The molecule has 54 valence electrons. The summed E-state index contributed by atoms with van der Waals surface area (Å²) in [4.78, 5) is 4.15. The summed E-state index contributed by atoms with van der Waals surface area (Å²) in [5.41, 5.74) is 0.942. The van der Waals surface area contributed by atoms with Crippen LogP contribution in [0, 0.1) is 0 Å². The molecule has 0 atom stereocenters. The molecule has 0 aliphatic rings. The Hall–Kier alpha value is -0.410. The van der Waals surface area contributed by atoms with Crippen molar-refractivity contribution in [3.63, 3.8) is 0 Å². The Bertz CT molecular complexity index is 215. The van der Waals surface area contributed by atoms with E-state index in [0.717, 1.165) is 10.3 Å². The van der Waals surface area contributed by atoms with Crippen LogP contribution in [0.5, 0.6) is 0 Å². The van der Waals surface area contributed by atoms with Crippen LogP contribution in [-0.4, -0.2) is 12.1 Å². The number of hydrogen-bond donors (Lipinski definition) is 0. The Morgan fingerprint density at radius 2 is 2.40 bits per heavy atom. The van der Waals surface area contributed by atoms with Gasteiger partial charge in [-0.05, 0) is 28.1 Å². The summed E-state index contributed by atoms with van der Waals surface area (Å²) in [5.74, 6) is 0. The molecule has 0 aliphatic carbocycles. The van der Waals surface area contributed by atoms with Crippen LogP contribution in [-0.2, 0) is 11.3 Å². The first-order chi connectivity index (χ1) is 4.83. The molecule has 1 rings (SSSR count). The molecule has 0 saturated heterocycles. The van der Waals surface area contributed by atoms with Crippen LogP contribution in [0.2, 0.25) is 0 Å². The van der Waals surface area contributed by atoms with Crippen molar-refractivity contribution in [2.75, 3.05) is 7.11 Å². The highest BCUT2D eigenvalue weighted by Gasteiger charge is 1.91. The lowest BCUT2D eigenvalue weighted by Crippen LogP contribution is -1.90. The predicted octanol–water partition coefficient (Wildman–Crippen LogP) is 1.99. The molecule has 0 radical (unpaired) electrons. The topological polar surface area (TPSA) is 22.1 Å². The first-order valence-electron chi connectivity index (χ1n) is 2.93. The average molecular weight is 202 g/mol. The van der Waals surface area contributed by atoms with E-state index in [9.17, 15) is 0 Å². The van der Waals surface area contributed by atoms with E-state index in [4.69, 9.17) is 4.74 Å². The Labute approximate surface area is 68.4 Å². The van der Waals surface area contributed by atoms with Crippen molar-refractivity contribution in [3.05, 3.63) is 28.5 Å². The van der Waals surface area contributed by atoms with Crippen LogP contribution < -0.4 is 0 Å². The number of pyridine rings is 1. The maximum atomic E-state index is 4.90. The van der Waals surface area contributed by atoms with E-state index in [1.165, 1.54) is 0 Å². The van der Waals surface area contributed by atoms with Crippen molar-refractivity contribution in [2.24, 2.45) is 0 Å². The van der Waals surface area contributed by atoms with Crippen LogP contribution in [0.1, 0.15) is 5.69 Å². The van der Waals surface area contributed by atoms with Gasteiger partial charge in [0.1, 0.15) is 4.60 Å². The van der Waals surface area contributed by atoms with Gasteiger partial charge in [0.15, 0.2) is 0 Å². The molecule has 0 spiro atoms. The van der Waals surface area contributed by atoms with Gasteiger partial charge in [-0.1, -0.05) is 6.07 Å². The van der Waals surface area contributed by atoms with Gasteiger partial charge >= 0.3 is 0 Å². The summed E-state index contributed by atoms with van der Waals surface area (Å²) in [7, 11) is 1.66. The van der Waals surface area contributed by atoms with Crippen molar-refractivity contribution in [1.82, 2.24) is 4.98 Å². The minimum absolute atomic E-state index is 0.569. The second kappa shape index (κ2) is 3.68. The summed E-state index contributed by atoms with van der Waals surface area (Å²) < 4.78 is 5.75. The molecule has 0 aliphatic heterocycles. The Morgan fingerprint density at radius 3 is 3.00 bits per heavy atom. The molecule has 10 heavy (non-hydrogen) atoms. The SMILES string of the molecule is COCc1cccc(Br)n1. The zero-order valence-electron chi connectivity index (χ0n) is 5.67. The van der Waals surface area contributed by atoms with Crippen LogP contribution in [0.4, 0.5) is 0 Å². The number of nitrogens with zero attached hydrogens (tertiary/aromatic N) is 1. The lowest BCUT2D eigenvalue weighted by Gasteiger charge is -1.97. The van der Waals surface area contributed by atoms with Crippen LogP contribution in [0.25, 0.3) is 0 Å². The Balaban J connectivity index is 2.75. The van der Waals surface area contributed by atoms with E-state index in [1.807, 2.05) is 18.2 Å². The first kappa shape index (κ1) is 7.69. The number of ether oxygens (including phenoxy) is 1. The molecule has 1 aromatic heterocycles. The maximum Gasteiger partial charge on any atom is 0.106 e. The monoisotopic (exact) mass is 201 g/mol. The summed E-state index contributed by atoms with van der Waals surface area (Å²) in [5, 5.41) is 0. The fourth-order valence-corrected chi connectivity index (χ4v) is 1.06. The fraction of sp³-hybridized carbons (Fsp3) is 0.286. The Kier molecular flexibility index (Phi) is 2.83. The van der Waals surface area contributed by atoms with Gasteiger partial charge in [-0.15, -0.1) is 0 Å². The quantitative estimate of drug-likeness (QED) is 0.684. The largest absolute Gasteiger partial charge is 0.378 e. The molecule has 0 N–H and O–H groups in total. The van der Waals surface area contributed by atoms with Gasteiger partial charge in [-0.25, -0.2) is 4.98 Å². The number of methoxy groups -OCH3 is 1. The molecule has 2 nitrogen and oxygen atoms in total. The van der Waals surface area contributed by atoms with E-state index >= 15 is 0 Å². The number of halogens is 1. The van der Waals surface area contributed by atoms with Crippen LogP contribution in [0.15, 0.2) is 22.8 Å². The van der Waals surface area contributed by atoms with Gasteiger partial charge in [0.2, 0.25) is 0 Å². The van der Waals surface area contributed by atoms with Gasteiger partial charge in [0, 0.05) is 7.11 Å². The molecule has 0 amide bonds. The molecule has 1 heterocycles. The normalized spacial score (nSPS) is 9.80. The number of hydrogen-bond acceptors (Lipinski definition) is 2. The van der Waals surface area contributed by atoms with E-state index < -0.39 is 0 Å². The summed E-state index contributed by atoms with van der Waals surface area (Å²) >= 11 is 3.27. The van der Waals surface area contributed by atoms with Gasteiger partial charge in [-0.3, -0.25) is 0 Å². The molecular weight excluding hydrogens is 194 g/mol. The summed E-state index contributed by atoms with van der Waals surface area (Å²) in [6.45, 7) is 0.569. The highest BCUT2D eigenvalue weighted by atomic mass is 79.9. The summed E-state index contributed by atoms with van der Waals surface area (Å²) in [6, 6.07) is 5.75. The third-order valence-corrected chi connectivity index (χ3v) is 1.51. The van der Waals surface area contributed by atoms with Crippen molar-refractivity contribution in [1.29, 1.82) is 0 Å². The molecule has 3 heteroatoms. The van der Waals surface area contributed by atoms with Crippen molar-refractivity contribution < 1.29 is 4.74 Å². The minimum Gasteiger partial charge on any atom is -0.378 e. The predicted molar refractivity (Wildman–Crippen MR) is 42.7 cm³/mol. The van der Waals surface area contributed by atoms with Gasteiger partial charge in [0.05, 0.1) is 12.3 Å². The van der Waals surface area contributed by atoms with Crippen molar-refractivity contribution >= 4 is 15.9 Å². The Morgan fingerprint density at radius 1 is 1.60 bits per heavy atom.